The van der Waals surface area contributed by atoms with Crippen LogP contribution in [0.2, 0.25) is 0 Å². The molecule has 4 heteroatoms. The van der Waals surface area contributed by atoms with Gasteiger partial charge in [-0.05, 0) is 40.8 Å². The van der Waals surface area contributed by atoms with Gasteiger partial charge in [0, 0.05) is 5.69 Å². The van der Waals surface area contributed by atoms with Crippen molar-refractivity contribution < 1.29 is 13.2 Å². The molecular weight excluding hydrogens is 239 g/mol. The number of rotatable bonds is 1. The maximum Gasteiger partial charge on any atom is 0.482 e. The number of fused-ring (bicyclic) bond motifs is 3. The lowest BCUT2D eigenvalue weighted by atomic mass is 10.1. The van der Waals surface area contributed by atoms with Crippen LogP contribution in [0.15, 0.2) is 42.5 Å². The van der Waals surface area contributed by atoms with Crippen molar-refractivity contribution >= 4 is 5.69 Å². The fraction of sp³-hybridized carbons (Fsp3) is 0.143. The minimum absolute atomic E-state index is 0.0917. The van der Waals surface area contributed by atoms with Crippen molar-refractivity contribution in [3.63, 3.8) is 0 Å². The van der Waals surface area contributed by atoms with Gasteiger partial charge in [-0.15, -0.1) is 0 Å². The molecule has 0 radical (unpaired) electrons. The fourth-order valence-electron chi connectivity index (χ4n) is 2.39. The molecule has 1 aliphatic rings. The van der Waals surface area contributed by atoms with Crippen LogP contribution in [0.5, 0.6) is 0 Å². The van der Waals surface area contributed by atoms with Gasteiger partial charge in [-0.1, -0.05) is 30.3 Å². The molecule has 0 bridgehead atoms. The third-order valence-corrected chi connectivity index (χ3v) is 3.08. The van der Waals surface area contributed by atoms with Gasteiger partial charge in [0.05, 0.1) is 0 Å². The van der Waals surface area contributed by atoms with Gasteiger partial charge in [0.25, 0.3) is 0 Å². The first-order chi connectivity index (χ1) is 8.53. The molecule has 0 atom stereocenters. The van der Waals surface area contributed by atoms with Crippen LogP contribution in [-0.2, 0) is 6.42 Å². The van der Waals surface area contributed by atoms with Crippen molar-refractivity contribution in [3.05, 3.63) is 53.6 Å². The zero-order valence-electron chi connectivity index (χ0n) is 9.38. The summed E-state index contributed by atoms with van der Waals surface area (Å²) in [4.78, 5) is 0. The van der Waals surface area contributed by atoms with E-state index in [9.17, 15) is 13.2 Å². The lowest BCUT2D eigenvalue weighted by Gasteiger charge is -2.11. The summed E-state index contributed by atoms with van der Waals surface area (Å²) < 4.78 is 36.7. The first-order valence-electron chi connectivity index (χ1n) is 5.59. The number of hydrogen-bond acceptors (Lipinski definition) is 1. The summed E-state index contributed by atoms with van der Waals surface area (Å²) in [5.41, 5.74) is 4.33. The Kier molecular flexibility index (Phi) is 2.33. The fourth-order valence-corrected chi connectivity index (χ4v) is 2.39. The average molecular weight is 249 g/mol. The van der Waals surface area contributed by atoms with Crippen LogP contribution in [-0.4, -0.2) is 6.30 Å². The van der Waals surface area contributed by atoms with Gasteiger partial charge < -0.3 is 0 Å². The molecule has 92 valence electrons. The molecule has 3 rings (SSSR count). The smallest absolute Gasteiger partial charge is 0.297 e. The highest BCUT2D eigenvalue weighted by atomic mass is 19.4. The van der Waals surface area contributed by atoms with E-state index in [1.54, 1.807) is 12.1 Å². The summed E-state index contributed by atoms with van der Waals surface area (Å²) in [6.45, 7) is 0. The second-order valence-corrected chi connectivity index (χ2v) is 4.33. The van der Waals surface area contributed by atoms with Gasteiger partial charge in [0.15, 0.2) is 0 Å². The number of anilines is 1. The summed E-state index contributed by atoms with van der Waals surface area (Å²) in [5, 5.41) is 1.54. The van der Waals surface area contributed by atoms with Gasteiger partial charge in [-0.2, -0.15) is 13.2 Å². The molecule has 0 aromatic heterocycles. The Morgan fingerprint density at radius 1 is 0.889 bits per heavy atom. The molecule has 2 aromatic carbocycles. The minimum Gasteiger partial charge on any atom is -0.297 e. The van der Waals surface area contributed by atoms with Crippen molar-refractivity contribution in [2.75, 3.05) is 5.32 Å². The molecule has 18 heavy (non-hydrogen) atoms. The van der Waals surface area contributed by atoms with Gasteiger partial charge >= 0.3 is 6.30 Å². The van der Waals surface area contributed by atoms with Crippen LogP contribution in [0, 0.1) is 0 Å². The van der Waals surface area contributed by atoms with Crippen LogP contribution in [0.3, 0.4) is 0 Å². The van der Waals surface area contributed by atoms with E-state index >= 15 is 0 Å². The van der Waals surface area contributed by atoms with E-state index in [2.05, 4.69) is 0 Å². The summed E-state index contributed by atoms with van der Waals surface area (Å²) >= 11 is 0. The normalized spacial score (nSPS) is 13.1. The van der Waals surface area contributed by atoms with Crippen LogP contribution in [0.25, 0.3) is 11.1 Å². The van der Waals surface area contributed by atoms with Crippen molar-refractivity contribution in [1.82, 2.24) is 0 Å². The minimum atomic E-state index is -4.39. The number of nitrogens with one attached hydrogen (secondary N) is 1. The largest absolute Gasteiger partial charge is 0.482 e. The second-order valence-electron chi connectivity index (χ2n) is 4.33. The molecule has 0 amide bonds. The van der Waals surface area contributed by atoms with Crippen molar-refractivity contribution in [2.24, 2.45) is 0 Å². The Labute approximate surface area is 102 Å². The molecule has 1 nitrogen and oxygen atoms in total. The van der Waals surface area contributed by atoms with E-state index < -0.39 is 6.30 Å². The highest BCUT2D eigenvalue weighted by molar-refractivity contribution is 5.78. The predicted octanol–water partition coefficient (Wildman–Crippen LogP) is 4.19. The van der Waals surface area contributed by atoms with E-state index in [1.807, 2.05) is 24.3 Å². The Balaban J connectivity index is 1.98. The lowest BCUT2D eigenvalue weighted by Crippen LogP contribution is -2.20. The highest BCUT2D eigenvalue weighted by Crippen LogP contribution is 2.38. The summed E-state index contributed by atoms with van der Waals surface area (Å²) in [7, 11) is 0. The Hall–Kier alpha value is -1.97. The Bertz CT molecular complexity index is 602. The van der Waals surface area contributed by atoms with Crippen molar-refractivity contribution in [3.8, 4) is 11.1 Å². The summed E-state index contributed by atoms with van der Waals surface area (Å²) in [5.74, 6) is 0. The third kappa shape index (κ3) is 1.94. The second kappa shape index (κ2) is 3.77. The number of alkyl halides is 3. The van der Waals surface area contributed by atoms with Crippen LogP contribution in [0.1, 0.15) is 11.1 Å². The lowest BCUT2D eigenvalue weighted by molar-refractivity contribution is -0.0999. The number of benzene rings is 2. The zero-order valence-corrected chi connectivity index (χ0v) is 9.38. The standard InChI is InChI=1S/C14H10F3N/c15-14(16,17)18-11-5-6-13-10(8-11)7-9-3-1-2-4-12(9)13/h1-6,8,18H,7H2. The number of halogens is 3. The maximum absolute atomic E-state index is 12.2. The molecular formula is C14H10F3N. The SMILES string of the molecule is FC(F)(F)Nc1ccc2c(c1)Cc1ccccc1-2. The molecule has 1 N–H and O–H groups in total. The van der Waals surface area contributed by atoms with Crippen LogP contribution in [0.4, 0.5) is 18.9 Å². The predicted molar refractivity (Wildman–Crippen MR) is 64.4 cm³/mol. The quantitative estimate of drug-likeness (QED) is 0.638. The van der Waals surface area contributed by atoms with Gasteiger partial charge in [-0.3, -0.25) is 5.32 Å². The first kappa shape index (κ1) is 11.1. The molecule has 2 aromatic rings. The monoisotopic (exact) mass is 249 g/mol. The van der Waals surface area contributed by atoms with Gasteiger partial charge in [-0.25, -0.2) is 0 Å². The first-order valence-corrected chi connectivity index (χ1v) is 5.59. The highest BCUT2D eigenvalue weighted by Gasteiger charge is 2.27. The molecule has 0 aliphatic heterocycles. The van der Waals surface area contributed by atoms with Crippen molar-refractivity contribution in [2.45, 2.75) is 12.7 Å². The number of hydrogen-bond donors (Lipinski definition) is 1. The van der Waals surface area contributed by atoms with Gasteiger partial charge in [0.1, 0.15) is 0 Å². The topological polar surface area (TPSA) is 12.0 Å². The van der Waals surface area contributed by atoms with E-state index in [0.717, 1.165) is 22.3 Å². The summed E-state index contributed by atoms with van der Waals surface area (Å²) in [6.07, 6.45) is -3.70. The van der Waals surface area contributed by atoms with Crippen LogP contribution < -0.4 is 5.32 Å². The molecule has 0 fully saturated rings. The molecule has 0 saturated heterocycles. The van der Waals surface area contributed by atoms with E-state index in [4.69, 9.17) is 0 Å². The Morgan fingerprint density at radius 2 is 1.61 bits per heavy atom. The molecule has 0 saturated carbocycles. The van der Waals surface area contributed by atoms with E-state index in [1.165, 1.54) is 11.4 Å². The van der Waals surface area contributed by atoms with Crippen molar-refractivity contribution in [1.29, 1.82) is 0 Å². The molecule has 0 spiro atoms. The van der Waals surface area contributed by atoms with E-state index in [0.29, 0.717) is 6.42 Å². The maximum atomic E-state index is 12.2. The molecule has 0 unspecified atom stereocenters. The van der Waals surface area contributed by atoms with Gasteiger partial charge in [0.2, 0.25) is 0 Å². The van der Waals surface area contributed by atoms with E-state index in [-0.39, 0.29) is 5.69 Å². The zero-order chi connectivity index (χ0) is 12.8. The van der Waals surface area contributed by atoms with Crippen LogP contribution >= 0.6 is 0 Å². The average Bonchev–Trinajstić information content (AvgIpc) is 2.64. The third-order valence-electron chi connectivity index (χ3n) is 3.08. The summed E-state index contributed by atoms with van der Waals surface area (Å²) in [6, 6.07) is 12.7. The molecule has 1 aliphatic carbocycles. The Morgan fingerprint density at radius 3 is 2.39 bits per heavy atom. The molecule has 0 heterocycles.